The summed E-state index contributed by atoms with van der Waals surface area (Å²) in [5.41, 5.74) is 1.57. The van der Waals surface area contributed by atoms with E-state index in [1.54, 1.807) is 27.2 Å². The Kier molecular flexibility index (Phi) is 7.72. The number of aromatic nitrogens is 6. The molecule has 2 amide bonds. The lowest BCUT2D eigenvalue weighted by Crippen LogP contribution is -2.21. The zero-order valence-electron chi connectivity index (χ0n) is 20.8. The van der Waals surface area contributed by atoms with Gasteiger partial charge in [0.25, 0.3) is 11.8 Å². The van der Waals surface area contributed by atoms with E-state index in [0.29, 0.717) is 22.7 Å². The van der Waals surface area contributed by atoms with Crippen LogP contribution in [0.5, 0.6) is 0 Å². The van der Waals surface area contributed by atoms with E-state index < -0.39 is 11.9 Å². The topological polar surface area (TPSA) is 137 Å². The molecular formula is C24H26N8O4S. The molecule has 1 N–H and O–H groups in total. The second-order valence-corrected chi connectivity index (χ2v) is 9.30. The van der Waals surface area contributed by atoms with Crippen LogP contribution >= 0.6 is 11.3 Å². The van der Waals surface area contributed by atoms with Gasteiger partial charge in [0.2, 0.25) is 5.82 Å². The van der Waals surface area contributed by atoms with Gasteiger partial charge in [-0.3, -0.25) is 9.59 Å². The first kappa shape index (κ1) is 25.7. The fraction of sp³-hybridized carbons (Fsp3) is 0.292. The number of carbonyl (C=O) groups is 3. The third-order valence-corrected chi connectivity index (χ3v) is 6.44. The number of hydrogen-bond donors (Lipinski definition) is 1. The maximum atomic E-state index is 13.0. The minimum absolute atomic E-state index is 0.114. The van der Waals surface area contributed by atoms with E-state index in [1.807, 2.05) is 37.3 Å². The molecule has 12 nitrogen and oxygen atoms in total. The molecule has 0 aliphatic rings. The van der Waals surface area contributed by atoms with Gasteiger partial charge in [0.05, 0.1) is 17.0 Å². The molecule has 1 aromatic carbocycles. The first-order valence-electron chi connectivity index (χ1n) is 11.5. The summed E-state index contributed by atoms with van der Waals surface area (Å²) in [4.78, 5) is 41.5. The molecular weight excluding hydrogens is 496 g/mol. The Labute approximate surface area is 216 Å². The van der Waals surface area contributed by atoms with Crippen molar-refractivity contribution in [3.05, 3.63) is 64.3 Å². The Balaban J connectivity index is 1.52. The molecule has 4 aromatic rings. The number of hydrogen-bond acceptors (Lipinski definition) is 9. The van der Waals surface area contributed by atoms with Crippen LogP contribution in [0.1, 0.15) is 49.4 Å². The van der Waals surface area contributed by atoms with Gasteiger partial charge in [-0.2, -0.15) is 5.10 Å². The Morgan fingerprint density at radius 1 is 1.11 bits per heavy atom. The Bertz CT molecular complexity index is 1420. The van der Waals surface area contributed by atoms with Crippen molar-refractivity contribution < 1.29 is 19.1 Å². The second-order valence-electron chi connectivity index (χ2n) is 8.28. The van der Waals surface area contributed by atoms with Crippen LogP contribution in [0, 0.1) is 6.92 Å². The number of thiophene rings is 1. The van der Waals surface area contributed by atoms with E-state index in [0.717, 1.165) is 16.9 Å². The molecule has 13 heteroatoms. The number of nitrogens with one attached hydrogen (secondary N) is 1. The lowest BCUT2D eigenvalue weighted by molar-refractivity contribution is 0.0506. The minimum atomic E-state index is -0.597. The number of carbonyl (C=O) groups excluding carboxylic acids is 3. The van der Waals surface area contributed by atoms with Crippen LogP contribution in [-0.2, 0) is 11.4 Å². The maximum Gasteiger partial charge on any atom is 0.341 e. The number of ether oxygens (including phenoxy) is 1. The number of rotatable bonds is 9. The van der Waals surface area contributed by atoms with Crippen molar-refractivity contribution in [3.8, 4) is 11.4 Å². The van der Waals surface area contributed by atoms with E-state index >= 15 is 0 Å². The van der Waals surface area contributed by atoms with Crippen molar-refractivity contribution in [1.29, 1.82) is 0 Å². The van der Waals surface area contributed by atoms with Gasteiger partial charge < -0.3 is 15.0 Å². The van der Waals surface area contributed by atoms with Crippen molar-refractivity contribution >= 4 is 34.1 Å². The van der Waals surface area contributed by atoms with Crippen LogP contribution in [0.3, 0.4) is 0 Å². The third kappa shape index (κ3) is 5.72. The minimum Gasteiger partial charge on any atom is -0.462 e. The quantitative estimate of drug-likeness (QED) is 0.331. The SMILES string of the molecule is CCCOC(=O)c1c(NC(=O)c2ccn(Cn3nnc(-c4ccccc4)n3)n2)sc(C(=O)N(C)C)c1C. The Morgan fingerprint density at radius 3 is 2.57 bits per heavy atom. The molecule has 0 atom stereocenters. The summed E-state index contributed by atoms with van der Waals surface area (Å²) in [5, 5.41) is 19.7. The second kappa shape index (κ2) is 11.1. The first-order chi connectivity index (χ1) is 17.8. The average molecular weight is 523 g/mol. The van der Waals surface area contributed by atoms with E-state index in [1.165, 1.54) is 20.4 Å². The molecule has 3 heterocycles. The number of tetrazole rings is 1. The lowest BCUT2D eigenvalue weighted by Gasteiger charge is -2.09. The highest BCUT2D eigenvalue weighted by atomic mass is 32.1. The van der Waals surface area contributed by atoms with Gasteiger partial charge >= 0.3 is 5.97 Å². The largest absolute Gasteiger partial charge is 0.462 e. The molecule has 0 radical (unpaired) electrons. The van der Waals surface area contributed by atoms with Crippen molar-refractivity contribution in [2.45, 2.75) is 26.9 Å². The molecule has 0 aliphatic heterocycles. The summed E-state index contributed by atoms with van der Waals surface area (Å²) in [7, 11) is 3.24. The van der Waals surface area contributed by atoms with Crippen molar-refractivity contribution in [1.82, 2.24) is 34.9 Å². The first-order valence-corrected chi connectivity index (χ1v) is 12.3. The average Bonchev–Trinajstić information content (AvgIpc) is 3.62. The van der Waals surface area contributed by atoms with Crippen LogP contribution in [0.2, 0.25) is 0 Å². The third-order valence-electron chi connectivity index (χ3n) is 5.25. The van der Waals surface area contributed by atoms with Crippen molar-refractivity contribution in [2.24, 2.45) is 0 Å². The van der Waals surface area contributed by atoms with Gasteiger partial charge in [0, 0.05) is 25.9 Å². The molecule has 0 bridgehead atoms. The zero-order chi connectivity index (χ0) is 26.5. The Hall–Kier alpha value is -4.39. The number of nitrogens with zero attached hydrogens (tertiary/aromatic N) is 7. The van der Waals surface area contributed by atoms with E-state index in [-0.39, 0.29) is 35.4 Å². The summed E-state index contributed by atoms with van der Waals surface area (Å²) >= 11 is 1.03. The fourth-order valence-electron chi connectivity index (χ4n) is 3.39. The van der Waals surface area contributed by atoms with Crippen LogP contribution in [0.4, 0.5) is 5.00 Å². The Morgan fingerprint density at radius 2 is 1.86 bits per heavy atom. The molecule has 0 saturated heterocycles. The zero-order valence-corrected chi connectivity index (χ0v) is 21.7. The molecule has 0 spiro atoms. The normalized spacial score (nSPS) is 10.8. The highest BCUT2D eigenvalue weighted by Gasteiger charge is 2.28. The van der Waals surface area contributed by atoms with E-state index in [4.69, 9.17) is 4.74 Å². The van der Waals surface area contributed by atoms with Crippen LogP contribution in [-0.4, -0.2) is 73.4 Å². The van der Waals surface area contributed by atoms with E-state index in [9.17, 15) is 14.4 Å². The highest BCUT2D eigenvalue weighted by molar-refractivity contribution is 7.18. The molecule has 192 valence electrons. The molecule has 0 unspecified atom stereocenters. The summed E-state index contributed by atoms with van der Waals surface area (Å²) in [6, 6.07) is 11.0. The highest BCUT2D eigenvalue weighted by Crippen LogP contribution is 2.34. The molecule has 3 aromatic heterocycles. The number of benzene rings is 1. The summed E-state index contributed by atoms with van der Waals surface area (Å²) in [6.07, 6.45) is 2.25. The smallest absolute Gasteiger partial charge is 0.341 e. The predicted octanol–water partition coefficient (Wildman–Crippen LogP) is 2.93. The number of anilines is 1. The summed E-state index contributed by atoms with van der Waals surface area (Å²) in [6.45, 7) is 3.91. The van der Waals surface area contributed by atoms with Gasteiger partial charge in [-0.25, -0.2) is 9.48 Å². The molecule has 0 aliphatic carbocycles. The summed E-state index contributed by atoms with van der Waals surface area (Å²) < 4.78 is 6.78. The standard InChI is InChI=1S/C24H26N8O4S/c1-5-13-36-24(35)18-15(2)19(23(34)30(3)4)37-22(18)25-21(33)17-11-12-31(27-17)14-32-28-20(26-29-32)16-9-7-6-8-10-16/h6-12H,5,13-14H2,1-4H3,(H,25,33). The fourth-order valence-corrected chi connectivity index (χ4v) is 4.60. The summed E-state index contributed by atoms with van der Waals surface area (Å²) in [5.74, 6) is -0.929. The molecule has 0 saturated carbocycles. The van der Waals surface area contributed by atoms with Crippen LogP contribution in [0.15, 0.2) is 42.6 Å². The van der Waals surface area contributed by atoms with Crippen molar-refractivity contribution in [2.75, 3.05) is 26.0 Å². The van der Waals surface area contributed by atoms with Gasteiger partial charge in [-0.15, -0.1) is 26.3 Å². The van der Waals surface area contributed by atoms with Gasteiger partial charge in [0.1, 0.15) is 5.00 Å². The number of esters is 1. The maximum absolute atomic E-state index is 13.0. The van der Waals surface area contributed by atoms with Gasteiger partial charge in [0.15, 0.2) is 12.4 Å². The predicted molar refractivity (Wildman–Crippen MR) is 136 cm³/mol. The molecule has 37 heavy (non-hydrogen) atoms. The van der Waals surface area contributed by atoms with Crippen molar-refractivity contribution in [3.63, 3.8) is 0 Å². The van der Waals surface area contributed by atoms with E-state index in [2.05, 4.69) is 25.8 Å². The van der Waals surface area contributed by atoms with Gasteiger partial charge in [-0.05, 0) is 30.2 Å². The van der Waals surface area contributed by atoms with Crippen LogP contribution in [0.25, 0.3) is 11.4 Å². The molecule has 0 fully saturated rings. The lowest BCUT2D eigenvalue weighted by atomic mass is 10.1. The molecule has 4 rings (SSSR count). The monoisotopic (exact) mass is 522 g/mol. The van der Waals surface area contributed by atoms with Gasteiger partial charge in [-0.1, -0.05) is 37.3 Å². The number of amides is 2. The van der Waals surface area contributed by atoms with Crippen LogP contribution < -0.4 is 5.32 Å².